The molecule has 1 saturated heterocycles. The summed E-state index contributed by atoms with van der Waals surface area (Å²) >= 11 is 0. The van der Waals surface area contributed by atoms with Gasteiger partial charge in [0.2, 0.25) is 5.91 Å². The van der Waals surface area contributed by atoms with Crippen molar-refractivity contribution in [2.24, 2.45) is 0 Å². The first-order valence-electron chi connectivity index (χ1n) is 12.6. The molecule has 1 aliphatic heterocycles. The smallest absolute Gasteiger partial charge is 0.323 e. The average Bonchev–Trinajstić information content (AvgIpc) is 3.27. The van der Waals surface area contributed by atoms with Crippen molar-refractivity contribution in [1.29, 1.82) is 0 Å². The van der Waals surface area contributed by atoms with Crippen LogP contribution in [0, 0.1) is 0 Å². The van der Waals surface area contributed by atoms with Gasteiger partial charge in [0.25, 0.3) is 5.91 Å². The average molecular weight is 491 g/mol. The maximum absolute atomic E-state index is 13.3. The molecule has 9 heteroatoms. The van der Waals surface area contributed by atoms with Gasteiger partial charge in [-0.3, -0.25) is 18.9 Å². The van der Waals surface area contributed by atoms with Gasteiger partial charge in [-0.1, -0.05) is 37.3 Å². The molecule has 0 aliphatic carbocycles. The number of nitrogens with one attached hydrogen (secondary N) is 1. The van der Waals surface area contributed by atoms with E-state index in [0.717, 1.165) is 17.7 Å². The minimum Gasteiger partial charge on any atom is -0.339 e. The molecule has 3 heterocycles. The molecular formula is C27H34N6O3. The lowest BCUT2D eigenvalue weighted by atomic mass is 10.1. The molecule has 2 aromatic heterocycles. The number of hydrogen-bond donors (Lipinski definition) is 1. The SMILES string of the molecule is CCc1nc2ccc(C(=O)N3CCN(C(C)=O)CC3)cn2c1N(CC)C(=O)NCCc1ccccc1. The first kappa shape index (κ1) is 25.2. The summed E-state index contributed by atoms with van der Waals surface area (Å²) in [5.74, 6) is 0.622. The molecule has 0 saturated carbocycles. The third-order valence-electron chi connectivity index (χ3n) is 6.61. The monoisotopic (exact) mass is 490 g/mol. The number of imidazole rings is 1. The quantitative estimate of drug-likeness (QED) is 0.551. The second-order valence-corrected chi connectivity index (χ2v) is 8.89. The highest BCUT2D eigenvalue weighted by atomic mass is 16.2. The van der Waals surface area contributed by atoms with Crippen molar-refractivity contribution < 1.29 is 14.4 Å². The Balaban J connectivity index is 1.54. The molecule has 3 aromatic rings. The number of anilines is 1. The zero-order valence-corrected chi connectivity index (χ0v) is 21.2. The first-order valence-corrected chi connectivity index (χ1v) is 12.6. The van der Waals surface area contributed by atoms with Crippen LogP contribution >= 0.6 is 0 Å². The van der Waals surface area contributed by atoms with Crippen LogP contribution in [0.15, 0.2) is 48.7 Å². The van der Waals surface area contributed by atoms with Crippen LogP contribution in [0.5, 0.6) is 0 Å². The van der Waals surface area contributed by atoms with E-state index in [1.807, 2.05) is 54.6 Å². The molecular weight excluding hydrogens is 456 g/mol. The van der Waals surface area contributed by atoms with Crippen LogP contribution in [0.4, 0.5) is 10.6 Å². The molecule has 190 valence electrons. The number of amides is 4. The van der Waals surface area contributed by atoms with Crippen LogP contribution in [0.2, 0.25) is 0 Å². The van der Waals surface area contributed by atoms with Crippen LogP contribution in [0.3, 0.4) is 0 Å². The van der Waals surface area contributed by atoms with E-state index in [4.69, 9.17) is 4.98 Å². The van der Waals surface area contributed by atoms with Gasteiger partial charge >= 0.3 is 6.03 Å². The molecule has 9 nitrogen and oxygen atoms in total. The van der Waals surface area contributed by atoms with Gasteiger partial charge in [0.1, 0.15) is 11.5 Å². The standard InChI is InChI=1S/C27H34N6O3/c1-4-23-25(32(5-2)27(36)28-14-13-21-9-7-6-8-10-21)33-19-22(11-12-24(33)29-23)26(35)31-17-15-30(16-18-31)20(3)34/h6-12,19H,4-5,13-18H2,1-3H3,(H,28,36). The lowest BCUT2D eigenvalue weighted by Gasteiger charge is -2.34. The Bertz CT molecular complexity index is 1230. The lowest BCUT2D eigenvalue weighted by Crippen LogP contribution is -2.50. The number of urea groups is 1. The molecule has 0 unspecified atom stereocenters. The number of aryl methyl sites for hydroxylation is 1. The minimum atomic E-state index is -0.193. The van der Waals surface area contributed by atoms with Gasteiger partial charge in [-0.05, 0) is 37.5 Å². The number of nitrogens with zero attached hydrogens (tertiary/aromatic N) is 5. The van der Waals surface area contributed by atoms with E-state index in [1.54, 1.807) is 33.9 Å². The third-order valence-corrected chi connectivity index (χ3v) is 6.61. The molecule has 36 heavy (non-hydrogen) atoms. The summed E-state index contributed by atoms with van der Waals surface area (Å²) in [7, 11) is 0. The first-order chi connectivity index (χ1) is 17.4. The van der Waals surface area contributed by atoms with Gasteiger partial charge in [-0.15, -0.1) is 0 Å². The number of carbonyl (C=O) groups excluding carboxylic acids is 3. The Kier molecular flexibility index (Phi) is 7.87. The van der Waals surface area contributed by atoms with E-state index in [9.17, 15) is 14.4 Å². The van der Waals surface area contributed by atoms with Crippen molar-refractivity contribution in [2.45, 2.75) is 33.6 Å². The van der Waals surface area contributed by atoms with Crippen LogP contribution < -0.4 is 10.2 Å². The maximum Gasteiger partial charge on any atom is 0.323 e. The van der Waals surface area contributed by atoms with Gasteiger partial charge in [-0.2, -0.15) is 0 Å². The second-order valence-electron chi connectivity index (χ2n) is 8.89. The van der Waals surface area contributed by atoms with E-state index in [2.05, 4.69) is 5.32 Å². The molecule has 1 N–H and O–H groups in total. The van der Waals surface area contributed by atoms with Gasteiger partial charge in [0.05, 0.1) is 11.3 Å². The highest BCUT2D eigenvalue weighted by Gasteiger charge is 2.26. The van der Waals surface area contributed by atoms with E-state index in [1.165, 1.54) is 0 Å². The summed E-state index contributed by atoms with van der Waals surface area (Å²) in [6.45, 7) is 8.53. The third kappa shape index (κ3) is 5.35. The number of benzene rings is 1. The molecule has 4 rings (SSSR count). The zero-order chi connectivity index (χ0) is 25.7. The van der Waals surface area contributed by atoms with Gasteiger partial charge in [0, 0.05) is 52.4 Å². The fourth-order valence-electron chi connectivity index (χ4n) is 4.58. The second kappa shape index (κ2) is 11.2. The van der Waals surface area contributed by atoms with Crippen molar-refractivity contribution in [2.75, 3.05) is 44.2 Å². The largest absolute Gasteiger partial charge is 0.339 e. The molecule has 4 amide bonds. The number of piperazine rings is 1. The van der Waals surface area contributed by atoms with Crippen molar-refractivity contribution in [3.63, 3.8) is 0 Å². The summed E-state index contributed by atoms with van der Waals surface area (Å²) in [6, 6.07) is 13.5. The predicted octanol–water partition coefficient (Wildman–Crippen LogP) is 2.98. The predicted molar refractivity (Wildman–Crippen MR) is 139 cm³/mol. The minimum absolute atomic E-state index is 0.0281. The number of pyridine rings is 1. The summed E-state index contributed by atoms with van der Waals surface area (Å²) in [6.07, 6.45) is 3.17. The van der Waals surface area contributed by atoms with Crippen molar-refractivity contribution >= 4 is 29.3 Å². The van der Waals surface area contributed by atoms with Crippen LogP contribution in [-0.4, -0.2) is 76.3 Å². The summed E-state index contributed by atoms with van der Waals surface area (Å²) in [5, 5.41) is 3.03. The molecule has 0 bridgehead atoms. The lowest BCUT2D eigenvalue weighted by molar-refractivity contribution is -0.130. The number of carbonyl (C=O) groups is 3. The maximum atomic E-state index is 13.3. The summed E-state index contributed by atoms with van der Waals surface area (Å²) in [5.41, 5.74) is 3.18. The number of fused-ring (bicyclic) bond motifs is 1. The van der Waals surface area contributed by atoms with Crippen LogP contribution in [-0.2, 0) is 17.6 Å². The van der Waals surface area contributed by atoms with E-state index >= 15 is 0 Å². The summed E-state index contributed by atoms with van der Waals surface area (Å²) < 4.78 is 1.85. The zero-order valence-electron chi connectivity index (χ0n) is 21.2. The van der Waals surface area contributed by atoms with E-state index in [0.29, 0.717) is 62.7 Å². The molecule has 1 aromatic carbocycles. The number of aromatic nitrogens is 2. The number of hydrogen-bond acceptors (Lipinski definition) is 4. The topological polar surface area (TPSA) is 90.3 Å². The van der Waals surface area contributed by atoms with Gasteiger partial charge in [-0.25, -0.2) is 9.78 Å². The fourth-order valence-corrected chi connectivity index (χ4v) is 4.58. The molecule has 1 aliphatic rings. The molecule has 0 radical (unpaired) electrons. The fraction of sp³-hybridized carbons (Fsp3) is 0.407. The summed E-state index contributed by atoms with van der Waals surface area (Å²) in [4.78, 5) is 48.0. The Morgan fingerprint density at radius 2 is 1.67 bits per heavy atom. The van der Waals surface area contributed by atoms with Gasteiger partial charge < -0.3 is 15.1 Å². The molecule has 0 atom stereocenters. The van der Waals surface area contributed by atoms with Crippen LogP contribution in [0.1, 0.15) is 42.4 Å². The Morgan fingerprint density at radius 1 is 0.972 bits per heavy atom. The van der Waals surface area contributed by atoms with Gasteiger partial charge in [0.15, 0.2) is 0 Å². The highest BCUT2D eigenvalue weighted by molar-refractivity contribution is 5.95. The van der Waals surface area contributed by atoms with E-state index < -0.39 is 0 Å². The van der Waals surface area contributed by atoms with Crippen molar-refractivity contribution in [1.82, 2.24) is 24.5 Å². The Hall–Kier alpha value is -3.88. The van der Waals surface area contributed by atoms with E-state index in [-0.39, 0.29) is 17.8 Å². The van der Waals surface area contributed by atoms with Crippen molar-refractivity contribution in [3.8, 4) is 0 Å². The highest BCUT2D eigenvalue weighted by Crippen LogP contribution is 2.25. The van der Waals surface area contributed by atoms with Crippen LogP contribution in [0.25, 0.3) is 5.65 Å². The Labute approximate surface area is 211 Å². The Morgan fingerprint density at radius 3 is 2.31 bits per heavy atom. The number of rotatable bonds is 7. The molecule has 0 spiro atoms. The molecule has 1 fully saturated rings. The normalized spacial score (nSPS) is 13.6. The van der Waals surface area contributed by atoms with Crippen molar-refractivity contribution in [3.05, 3.63) is 65.5 Å².